The summed E-state index contributed by atoms with van der Waals surface area (Å²) in [6.07, 6.45) is 4.57. The molecule has 5 nitrogen and oxygen atoms in total. The van der Waals surface area contributed by atoms with Crippen LogP contribution in [-0.2, 0) is 9.84 Å². The molecule has 0 spiro atoms. The Labute approximate surface area is 118 Å². The predicted octanol–water partition coefficient (Wildman–Crippen LogP) is 2.24. The van der Waals surface area contributed by atoms with E-state index < -0.39 is 9.84 Å². The molecule has 0 aliphatic heterocycles. The number of anilines is 2. The molecule has 20 heavy (non-hydrogen) atoms. The SMILES string of the molecule is CC(Nc1cccc(S(C)(=O)=O)c1N)c1ccncc1. The fourth-order valence-corrected chi connectivity index (χ4v) is 2.80. The summed E-state index contributed by atoms with van der Waals surface area (Å²) in [5, 5.41) is 3.22. The summed E-state index contributed by atoms with van der Waals surface area (Å²) in [6.45, 7) is 1.97. The molecule has 2 aromatic rings. The van der Waals surface area contributed by atoms with E-state index in [0.29, 0.717) is 5.69 Å². The number of aromatic nitrogens is 1. The van der Waals surface area contributed by atoms with Crippen molar-refractivity contribution in [2.45, 2.75) is 17.9 Å². The van der Waals surface area contributed by atoms with Crippen LogP contribution in [0.3, 0.4) is 0 Å². The number of rotatable bonds is 4. The van der Waals surface area contributed by atoms with Crippen LogP contribution in [0.2, 0.25) is 0 Å². The maximum absolute atomic E-state index is 11.6. The van der Waals surface area contributed by atoms with Gasteiger partial charge in [0.15, 0.2) is 9.84 Å². The lowest BCUT2D eigenvalue weighted by molar-refractivity contribution is 0.602. The fourth-order valence-electron chi connectivity index (χ4n) is 1.96. The topological polar surface area (TPSA) is 85.1 Å². The number of sulfone groups is 1. The molecular weight excluding hydrogens is 274 g/mol. The molecule has 0 amide bonds. The van der Waals surface area contributed by atoms with E-state index in [9.17, 15) is 8.42 Å². The maximum atomic E-state index is 11.6. The van der Waals surface area contributed by atoms with Crippen LogP contribution in [0.1, 0.15) is 18.5 Å². The summed E-state index contributed by atoms with van der Waals surface area (Å²) < 4.78 is 23.3. The molecule has 0 saturated carbocycles. The number of nitrogens with zero attached hydrogens (tertiary/aromatic N) is 1. The first-order chi connectivity index (χ1) is 9.39. The van der Waals surface area contributed by atoms with Gasteiger partial charge in [-0.25, -0.2) is 8.42 Å². The Morgan fingerprint density at radius 3 is 2.45 bits per heavy atom. The number of hydrogen-bond donors (Lipinski definition) is 2. The average molecular weight is 291 g/mol. The van der Waals surface area contributed by atoms with Crippen LogP contribution in [0, 0.1) is 0 Å². The van der Waals surface area contributed by atoms with Crippen molar-refractivity contribution in [1.29, 1.82) is 0 Å². The van der Waals surface area contributed by atoms with Gasteiger partial charge >= 0.3 is 0 Å². The Kier molecular flexibility index (Phi) is 3.94. The smallest absolute Gasteiger partial charge is 0.177 e. The number of pyridine rings is 1. The molecule has 1 heterocycles. The van der Waals surface area contributed by atoms with Gasteiger partial charge in [-0.2, -0.15) is 0 Å². The number of para-hydroxylation sites is 1. The molecule has 0 radical (unpaired) electrons. The Morgan fingerprint density at radius 1 is 1.20 bits per heavy atom. The first-order valence-electron chi connectivity index (χ1n) is 6.14. The van der Waals surface area contributed by atoms with Crippen molar-refractivity contribution in [2.75, 3.05) is 17.3 Å². The van der Waals surface area contributed by atoms with Crippen molar-refractivity contribution in [3.63, 3.8) is 0 Å². The van der Waals surface area contributed by atoms with E-state index in [-0.39, 0.29) is 16.6 Å². The largest absolute Gasteiger partial charge is 0.396 e. The Morgan fingerprint density at radius 2 is 1.85 bits per heavy atom. The minimum Gasteiger partial charge on any atom is -0.396 e. The van der Waals surface area contributed by atoms with Crippen LogP contribution in [-0.4, -0.2) is 19.7 Å². The number of nitrogens with one attached hydrogen (secondary N) is 1. The van der Waals surface area contributed by atoms with Crippen molar-refractivity contribution in [2.24, 2.45) is 0 Å². The molecule has 106 valence electrons. The van der Waals surface area contributed by atoms with Gasteiger partial charge in [-0.15, -0.1) is 0 Å². The summed E-state index contributed by atoms with van der Waals surface area (Å²) in [5.41, 5.74) is 7.84. The van der Waals surface area contributed by atoms with E-state index in [1.165, 1.54) is 6.07 Å². The highest BCUT2D eigenvalue weighted by Gasteiger charge is 2.15. The monoisotopic (exact) mass is 291 g/mol. The molecule has 0 saturated heterocycles. The van der Waals surface area contributed by atoms with Gasteiger partial charge in [-0.3, -0.25) is 4.98 Å². The molecule has 0 aliphatic rings. The van der Waals surface area contributed by atoms with Crippen molar-refractivity contribution in [3.05, 3.63) is 48.3 Å². The second-order valence-corrected chi connectivity index (χ2v) is 6.62. The molecule has 1 aromatic heterocycles. The Hall–Kier alpha value is -2.08. The van der Waals surface area contributed by atoms with Crippen LogP contribution in [0.5, 0.6) is 0 Å². The number of hydrogen-bond acceptors (Lipinski definition) is 5. The van der Waals surface area contributed by atoms with Gasteiger partial charge in [0, 0.05) is 24.7 Å². The minimum absolute atomic E-state index is 0.00453. The molecule has 1 aromatic carbocycles. The summed E-state index contributed by atoms with van der Waals surface area (Å²) in [4.78, 5) is 4.11. The third-order valence-electron chi connectivity index (χ3n) is 3.04. The lowest BCUT2D eigenvalue weighted by atomic mass is 10.1. The molecule has 0 fully saturated rings. The molecule has 3 N–H and O–H groups in total. The first-order valence-corrected chi connectivity index (χ1v) is 8.03. The highest BCUT2D eigenvalue weighted by Crippen LogP contribution is 2.29. The van der Waals surface area contributed by atoms with Gasteiger partial charge in [0.25, 0.3) is 0 Å². The third kappa shape index (κ3) is 3.08. The lowest BCUT2D eigenvalue weighted by Crippen LogP contribution is -2.11. The molecule has 1 unspecified atom stereocenters. The van der Waals surface area contributed by atoms with Crippen LogP contribution in [0.15, 0.2) is 47.6 Å². The second-order valence-electron chi connectivity index (χ2n) is 4.64. The molecule has 6 heteroatoms. The zero-order chi connectivity index (χ0) is 14.8. The van der Waals surface area contributed by atoms with Gasteiger partial charge in [-0.05, 0) is 36.8 Å². The van der Waals surface area contributed by atoms with Crippen molar-refractivity contribution >= 4 is 21.2 Å². The number of nitrogens with two attached hydrogens (primary N) is 1. The minimum atomic E-state index is -3.33. The van der Waals surface area contributed by atoms with Gasteiger partial charge in [-0.1, -0.05) is 6.07 Å². The summed E-state index contributed by atoms with van der Waals surface area (Å²) in [5.74, 6) is 0. The van der Waals surface area contributed by atoms with Crippen molar-refractivity contribution in [1.82, 2.24) is 4.98 Å². The Bertz CT molecular complexity index is 700. The van der Waals surface area contributed by atoms with Gasteiger partial charge in [0.05, 0.1) is 16.3 Å². The molecule has 2 rings (SSSR count). The summed E-state index contributed by atoms with van der Waals surface area (Å²) in [7, 11) is -3.33. The lowest BCUT2D eigenvalue weighted by Gasteiger charge is -2.18. The first kappa shape index (κ1) is 14.3. The quantitative estimate of drug-likeness (QED) is 0.844. The van der Waals surface area contributed by atoms with E-state index in [1.807, 2.05) is 19.1 Å². The van der Waals surface area contributed by atoms with E-state index in [4.69, 9.17) is 5.73 Å². The normalized spacial score (nSPS) is 12.9. The molecule has 0 aliphatic carbocycles. The van der Waals surface area contributed by atoms with E-state index in [0.717, 1.165) is 11.8 Å². The number of nitrogen functional groups attached to an aromatic ring is 1. The zero-order valence-corrected chi connectivity index (χ0v) is 12.2. The highest BCUT2D eigenvalue weighted by molar-refractivity contribution is 7.90. The van der Waals surface area contributed by atoms with Crippen molar-refractivity contribution in [3.8, 4) is 0 Å². The van der Waals surface area contributed by atoms with Gasteiger partial charge in [0.2, 0.25) is 0 Å². The van der Waals surface area contributed by atoms with Crippen molar-refractivity contribution < 1.29 is 8.42 Å². The molecule has 1 atom stereocenters. The predicted molar refractivity (Wildman–Crippen MR) is 80.2 cm³/mol. The maximum Gasteiger partial charge on any atom is 0.177 e. The molecule has 0 bridgehead atoms. The zero-order valence-electron chi connectivity index (χ0n) is 11.4. The Balaban J connectivity index is 2.31. The summed E-state index contributed by atoms with van der Waals surface area (Å²) >= 11 is 0. The standard InChI is InChI=1S/C14H17N3O2S/c1-10(11-6-8-16-9-7-11)17-12-4-3-5-13(14(12)15)20(2,18)19/h3-10,17H,15H2,1-2H3. The number of benzene rings is 1. The molecular formula is C14H17N3O2S. The highest BCUT2D eigenvalue weighted by atomic mass is 32.2. The van der Waals surface area contributed by atoms with Crippen LogP contribution in [0.4, 0.5) is 11.4 Å². The van der Waals surface area contributed by atoms with Crippen LogP contribution >= 0.6 is 0 Å². The van der Waals surface area contributed by atoms with Crippen LogP contribution < -0.4 is 11.1 Å². The van der Waals surface area contributed by atoms with E-state index in [2.05, 4.69) is 10.3 Å². The third-order valence-corrected chi connectivity index (χ3v) is 4.20. The fraction of sp³-hybridized carbons (Fsp3) is 0.214. The van der Waals surface area contributed by atoms with Crippen LogP contribution in [0.25, 0.3) is 0 Å². The average Bonchev–Trinajstić information content (AvgIpc) is 2.40. The van der Waals surface area contributed by atoms with Gasteiger partial charge in [0.1, 0.15) is 0 Å². The second kappa shape index (κ2) is 5.50. The summed E-state index contributed by atoms with van der Waals surface area (Å²) in [6, 6.07) is 8.74. The van der Waals surface area contributed by atoms with E-state index in [1.54, 1.807) is 24.5 Å². The van der Waals surface area contributed by atoms with E-state index >= 15 is 0 Å². The van der Waals surface area contributed by atoms with Gasteiger partial charge < -0.3 is 11.1 Å².